The van der Waals surface area contributed by atoms with Crippen molar-refractivity contribution in [3.63, 3.8) is 0 Å². The zero-order valence-electron chi connectivity index (χ0n) is 17.6. The van der Waals surface area contributed by atoms with E-state index in [9.17, 15) is 18.4 Å². The first-order valence-corrected chi connectivity index (χ1v) is 10.2. The Bertz CT molecular complexity index is 955. The molecule has 0 saturated carbocycles. The fraction of sp³-hybridized carbons (Fsp3) is 0.500. The number of carbonyl (C=O) groups is 2. The zero-order chi connectivity index (χ0) is 22.0. The molecule has 8 heteroatoms. The van der Waals surface area contributed by atoms with E-state index in [1.165, 1.54) is 0 Å². The summed E-state index contributed by atoms with van der Waals surface area (Å²) in [5.41, 5.74) is 6.40. The van der Waals surface area contributed by atoms with Crippen molar-refractivity contribution in [2.45, 2.75) is 46.2 Å². The van der Waals surface area contributed by atoms with Gasteiger partial charge in [-0.05, 0) is 50.6 Å². The number of ketones is 1. The van der Waals surface area contributed by atoms with Crippen LogP contribution < -0.4 is 5.73 Å². The number of hydrogen-bond donors (Lipinski definition) is 1. The normalized spacial score (nSPS) is 15.7. The van der Waals surface area contributed by atoms with Gasteiger partial charge in [-0.15, -0.1) is 0 Å². The Kier molecular flexibility index (Phi) is 6.65. The molecule has 0 unspecified atom stereocenters. The molecule has 2 N–H and O–H groups in total. The minimum Gasteiger partial charge on any atom is -0.369 e. The molecule has 0 fully saturated rings. The Morgan fingerprint density at radius 3 is 2.63 bits per heavy atom. The summed E-state index contributed by atoms with van der Waals surface area (Å²) in [6.45, 7) is 5.72. The fourth-order valence-electron chi connectivity index (χ4n) is 4.01. The molecule has 0 saturated heterocycles. The maximum absolute atomic E-state index is 14.5. The summed E-state index contributed by atoms with van der Waals surface area (Å²) in [6, 6.07) is 3.20. The van der Waals surface area contributed by atoms with Gasteiger partial charge in [0, 0.05) is 25.4 Å². The van der Waals surface area contributed by atoms with Gasteiger partial charge in [0.25, 0.3) is 0 Å². The summed E-state index contributed by atoms with van der Waals surface area (Å²) in [4.78, 5) is 31.5. The lowest BCUT2D eigenvalue weighted by atomic mass is 9.91. The van der Waals surface area contributed by atoms with Crippen LogP contribution in [0.5, 0.6) is 0 Å². The third-order valence-electron chi connectivity index (χ3n) is 5.44. The van der Waals surface area contributed by atoms with Crippen molar-refractivity contribution < 1.29 is 18.4 Å². The lowest BCUT2D eigenvalue weighted by Gasteiger charge is -2.16. The van der Waals surface area contributed by atoms with Gasteiger partial charge in [0.15, 0.2) is 5.78 Å². The average molecular weight is 418 g/mol. The van der Waals surface area contributed by atoms with E-state index < -0.39 is 23.5 Å². The summed E-state index contributed by atoms with van der Waals surface area (Å²) in [7, 11) is 1.93. The molecular weight excluding hydrogens is 390 g/mol. The predicted octanol–water partition coefficient (Wildman–Crippen LogP) is 3.38. The molecule has 0 aliphatic carbocycles. The quantitative estimate of drug-likeness (QED) is 0.699. The zero-order valence-corrected chi connectivity index (χ0v) is 17.6. The standard InChI is InChI=1S/C22H28F2N4O2/c1-13(2)9-14(21(25)30)10-19(29)20-18-12-27(3)7-4-8-28(18)22(26-20)16-11-15(23)5-6-17(16)24/h5-6,11,13-14H,4,7-10,12H2,1-3H3,(H2,25,30)/t14-/m1/s1. The van der Waals surface area contributed by atoms with Crippen LogP contribution in [0, 0.1) is 23.5 Å². The summed E-state index contributed by atoms with van der Waals surface area (Å²) in [6.07, 6.45) is 1.24. The number of carbonyl (C=O) groups excluding carboxylic acids is 2. The first-order valence-electron chi connectivity index (χ1n) is 10.2. The third-order valence-corrected chi connectivity index (χ3v) is 5.44. The number of benzene rings is 1. The Balaban J connectivity index is 2.06. The van der Waals surface area contributed by atoms with Crippen molar-refractivity contribution in [1.29, 1.82) is 0 Å². The van der Waals surface area contributed by atoms with Crippen LogP contribution in [-0.2, 0) is 17.9 Å². The summed E-state index contributed by atoms with van der Waals surface area (Å²) in [5.74, 6) is -2.15. The van der Waals surface area contributed by atoms with Crippen LogP contribution in [0.1, 0.15) is 49.3 Å². The van der Waals surface area contributed by atoms with Gasteiger partial charge in [-0.1, -0.05) is 13.8 Å². The van der Waals surface area contributed by atoms with Crippen molar-refractivity contribution in [1.82, 2.24) is 14.5 Å². The van der Waals surface area contributed by atoms with E-state index in [1.807, 2.05) is 20.9 Å². The largest absolute Gasteiger partial charge is 0.369 e. The molecule has 2 heterocycles. The van der Waals surface area contributed by atoms with Gasteiger partial charge in [-0.2, -0.15) is 0 Å². The van der Waals surface area contributed by atoms with Gasteiger partial charge < -0.3 is 15.2 Å². The van der Waals surface area contributed by atoms with E-state index in [1.54, 1.807) is 4.57 Å². The van der Waals surface area contributed by atoms with Gasteiger partial charge >= 0.3 is 0 Å². The molecule has 0 radical (unpaired) electrons. The number of amides is 1. The highest BCUT2D eigenvalue weighted by Gasteiger charge is 2.29. The van der Waals surface area contributed by atoms with Crippen molar-refractivity contribution in [2.75, 3.05) is 13.6 Å². The second-order valence-electron chi connectivity index (χ2n) is 8.45. The predicted molar refractivity (Wildman–Crippen MR) is 110 cm³/mol. The lowest BCUT2D eigenvalue weighted by Crippen LogP contribution is -2.27. The molecule has 1 aromatic carbocycles. The monoisotopic (exact) mass is 418 g/mol. The number of nitrogens with zero attached hydrogens (tertiary/aromatic N) is 3. The van der Waals surface area contributed by atoms with Crippen LogP contribution in [0.15, 0.2) is 18.2 Å². The highest BCUT2D eigenvalue weighted by molar-refractivity contribution is 5.98. The number of primary amides is 1. The van der Waals surface area contributed by atoms with E-state index in [2.05, 4.69) is 9.88 Å². The maximum atomic E-state index is 14.5. The Morgan fingerprint density at radius 2 is 1.97 bits per heavy atom. The van der Waals surface area contributed by atoms with E-state index in [-0.39, 0.29) is 35.2 Å². The van der Waals surface area contributed by atoms with Gasteiger partial charge in [-0.3, -0.25) is 9.59 Å². The molecule has 3 rings (SSSR count). The van der Waals surface area contributed by atoms with Crippen LogP contribution in [0.2, 0.25) is 0 Å². The van der Waals surface area contributed by atoms with Crippen molar-refractivity contribution in [2.24, 2.45) is 17.6 Å². The molecule has 1 aromatic heterocycles. The van der Waals surface area contributed by atoms with Crippen molar-refractivity contribution in [3.05, 3.63) is 41.2 Å². The highest BCUT2D eigenvalue weighted by Crippen LogP contribution is 2.30. The van der Waals surface area contributed by atoms with E-state index in [0.717, 1.165) is 31.2 Å². The molecule has 1 aliphatic rings. The Hall–Kier alpha value is -2.61. The summed E-state index contributed by atoms with van der Waals surface area (Å²) >= 11 is 0. The maximum Gasteiger partial charge on any atom is 0.220 e. The average Bonchev–Trinajstić information content (AvgIpc) is 2.89. The van der Waals surface area contributed by atoms with E-state index >= 15 is 0 Å². The van der Waals surface area contributed by atoms with Crippen molar-refractivity contribution >= 4 is 11.7 Å². The molecule has 0 spiro atoms. The lowest BCUT2D eigenvalue weighted by molar-refractivity contribution is -0.122. The minimum atomic E-state index is -0.601. The molecule has 6 nitrogen and oxygen atoms in total. The molecule has 0 bridgehead atoms. The topological polar surface area (TPSA) is 81.2 Å². The Morgan fingerprint density at radius 1 is 1.23 bits per heavy atom. The molecule has 1 atom stereocenters. The molecule has 2 aromatic rings. The smallest absolute Gasteiger partial charge is 0.220 e. The molecule has 1 aliphatic heterocycles. The van der Waals surface area contributed by atoms with Gasteiger partial charge in [0.2, 0.25) is 5.91 Å². The number of hydrogen-bond acceptors (Lipinski definition) is 4. The van der Waals surface area contributed by atoms with E-state index in [0.29, 0.717) is 25.2 Å². The second kappa shape index (κ2) is 9.04. The number of rotatable bonds is 7. The van der Waals surface area contributed by atoms with Crippen LogP contribution >= 0.6 is 0 Å². The number of aromatic nitrogens is 2. The summed E-state index contributed by atoms with van der Waals surface area (Å²) < 4.78 is 30.1. The fourth-order valence-corrected chi connectivity index (χ4v) is 4.01. The first kappa shape index (κ1) is 22.1. The van der Waals surface area contributed by atoms with Crippen LogP contribution in [0.3, 0.4) is 0 Å². The van der Waals surface area contributed by atoms with Crippen LogP contribution in [0.25, 0.3) is 11.4 Å². The number of imidazole rings is 1. The number of Topliss-reactive ketones (excluding diaryl/α,β-unsaturated/α-hetero) is 1. The minimum absolute atomic E-state index is 0.0217. The molecule has 30 heavy (non-hydrogen) atoms. The first-order chi connectivity index (χ1) is 14.2. The summed E-state index contributed by atoms with van der Waals surface area (Å²) in [5, 5.41) is 0. The van der Waals surface area contributed by atoms with Crippen molar-refractivity contribution in [3.8, 4) is 11.4 Å². The number of fused-ring (bicyclic) bond motifs is 1. The SMILES string of the molecule is CC(C)C[C@H](CC(=O)c1nc(-c2cc(F)ccc2F)n2c1CN(C)CCC2)C(N)=O. The van der Waals surface area contributed by atoms with Gasteiger partial charge in [0.05, 0.1) is 11.3 Å². The number of nitrogens with two attached hydrogens (primary N) is 1. The third kappa shape index (κ3) is 4.75. The highest BCUT2D eigenvalue weighted by atomic mass is 19.1. The van der Waals surface area contributed by atoms with Crippen LogP contribution in [-0.4, -0.2) is 39.7 Å². The molecule has 162 valence electrons. The van der Waals surface area contributed by atoms with Crippen LogP contribution in [0.4, 0.5) is 8.78 Å². The van der Waals surface area contributed by atoms with Gasteiger partial charge in [-0.25, -0.2) is 13.8 Å². The number of halogens is 2. The second-order valence-corrected chi connectivity index (χ2v) is 8.45. The molecular formula is C22H28F2N4O2. The molecule has 1 amide bonds. The van der Waals surface area contributed by atoms with Gasteiger partial charge in [0.1, 0.15) is 23.2 Å². The van der Waals surface area contributed by atoms with E-state index in [4.69, 9.17) is 5.73 Å². The Labute approximate surface area is 175 Å².